The van der Waals surface area contributed by atoms with E-state index in [0.717, 1.165) is 44.5 Å². The molecule has 1 aromatic rings. The van der Waals surface area contributed by atoms with Crippen molar-refractivity contribution < 1.29 is 4.79 Å². The van der Waals surface area contributed by atoms with E-state index in [2.05, 4.69) is 27.5 Å². The lowest BCUT2D eigenvalue weighted by atomic mass is 9.95. The molecule has 1 aliphatic heterocycles. The molecule has 24 heavy (non-hydrogen) atoms. The van der Waals surface area contributed by atoms with Crippen LogP contribution in [0.3, 0.4) is 0 Å². The molecule has 0 radical (unpaired) electrons. The van der Waals surface area contributed by atoms with Gasteiger partial charge in [-0.05, 0) is 32.6 Å². The molecular formula is C18H29N5O. The van der Waals surface area contributed by atoms with Gasteiger partial charge >= 0.3 is 6.03 Å². The van der Waals surface area contributed by atoms with Crippen LogP contribution in [0.25, 0.3) is 0 Å². The average Bonchev–Trinajstić information content (AvgIpc) is 2.64. The highest BCUT2D eigenvalue weighted by molar-refractivity contribution is 5.74. The molecule has 1 aliphatic carbocycles. The van der Waals surface area contributed by atoms with Crippen LogP contribution in [0.15, 0.2) is 18.6 Å². The molecule has 2 amide bonds. The summed E-state index contributed by atoms with van der Waals surface area (Å²) in [5, 5.41) is 6.83. The number of aromatic nitrogens is 2. The van der Waals surface area contributed by atoms with Gasteiger partial charge in [-0.2, -0.15) is 0 Å². The average molecular weight is 331 g/mol. The van der Waals surface area contributed by atoms with Crippen molar-refractivity contribution in [2.75, 3.05) is 13.1 Å². The summed E-state index contributed by atoms with van der Waals surface area (Å²) in [5.41, 5.74) is 0.968. The van der Waals surface area contributed by atoms with Crippen LogP contribution in [-0.2, 0) is 0 Å². The molecule has 2 heterocycles. The fraction of sp³-hybridized carbons (Fsp3) is 0.722. The van der Waals surface area contributed by atoms with Gasteiger partial charge in [0.15, 0.2) is 0 Å². The van der Waals surface area contributed by atoms with Crippen molar-refractivity contribution >= 4 is 6.03 Å². The van der Waals surface area contributed by atoms with E-state index in [1.54, 1.807) is 12.4 Å². The van der Waals surface area contributed by atoms with Gasteiger partial charge in [0.25, 0.3) is 0 Å². The zero-order valence-corrected chi connectivity index (χ0v) is 14.6. The maximum Gasteiger partial charge on any atom is 0.317 e. The van der Waals surface area contributed by atoms with E-state index in [1.807, 2.05) is 11.1 Å². The predicted octanol–water partition coefficient (Wildman–Crippen LogP) is 2.63. The maximum absolute atomic E-state index is 12.4. The van der Waals surface area contributed by atoms with Crippen LogP contribution in [-0.4, -0.2) is 46.1 Å². The lowest BCUT2D eigenvalue weighted by Crippen LogP contribution is -2.51. The number of nitrogens with zero attached hydrogens (tertiary/aromatic N) is 3. The summed E-state index contributed by atoms with van der Waals surface area (Å²) >= 11 is 0. The van der Waals surface area contributed by atoms with Gasteiger partial charge in [0.2, 0.25) is 0 Å². The summed E-state index contributed by atoms with van der Waals surface area (Å²) in [6, 6.07) is 1.13. The molecule has 0 spiro atoms. The van der Waals surface area contributed by atoms with E-state index in [1.165, 1.54) is 19.3 Å². The summed E-state index contributed by atoms with van der Waals surface area (Å²) in [6.45, 7) is 3.76. The van der Waals surface area contributed by atoms with Gasteiger partial charge in [-0.25, -0.2) is 4.79 Å². The number of hydrogen-bond acceptors (Lipinski definition) is 4. The molecule has 2 fully saturated rings. The molecular weight excluding hydrogens is 302 g/mol. The predicted molar refractivity (Wildman–Crippen MR) is 93.6 cm³/mol. The number of carbonyl (C=O) groups is 1. The van der Waals surface area contributed by atoms with E-state index in [9.17, 15) is 4.79 Å². The van der Waals surface area contributed by atoms with Gasteiger partial charge in [0, 0.05) is 49.8 Å². The largest absolute Gasteiger partial charge is 0.335 e. The number of nitrogens with one attached hydrogen (secondary N) is 2. The first-order valence-electron chi connectivity index (χ1n) is 9.30. The molecule has 0 bridgehead atoms. The molecule has 0 unspecified atom stereocenters. The Labute approximate surface area is 144 Å². The van der Waals surface area contributed by atoms with Crippen molar-refractivity contribution in [2.45, 2.75) is 70.0 Å². The van der Waals surface area contributed by atoms with Gasteiger partial charge in [0.1, 0.15) is 0 Å². The molecule has 0 aromatic carbocycles. The maximum atomic E-state index is 12.4. The zero-order valence-electron chi connectivity index (χ0n) is 14.6. The second-order valence-electron chi connectivity index (χ2n) is 7.06. The second-order valence-corrected chi connectivity index (χ2v) is 7.06. The van der Waals surface area contributed by atoms with Crippen LogP contribution in [0.4, 0.5) is 4.79 Å². The second kappa shape index (κ2) is 8.42. The van der Waals surface area contributed by atoms with Gasteiger partial charge < -0.3 is 15.5 Å². The fourth-order valence-electron chi connectivity index (χ4n) is 3.74. The smallest absolute Gasteiger partial charge is 0.317 e. The van der Waals surface area contributed by atoms with Gasteiger partial charge in [0.05, 0.1) is 5.69 Å². The molecule has 132 valence electrons. The van der Waals surface area contributed by atoms with E-state index in [-0.39, 0.29) is 12.1 Å². The zero-order chi connectivity index (χ0) is 16.8. The fourth-order valence-corrected chi connectivity index (χ4v) is 3.74. The number of carbonyl (C=O) groups excluding carboxylic acids is 1. The standard InChI is InChI=1S/C18H29N5O/c1-14(17-13-19-9-10-20-17)21-16-7-11-23(12-8-16)18(24)22-15-5-3-2-4-6-15/h9-10,13-16,21H,2-8,11-12H2,1H3,(H,22,24)/t14-/m1/s1. The minimum atomic E-state index is 0.127. The van der Waals surface area contributed by atoms with E-state index in [4.69, 9.17) is 0 Å². The monoisotopic (exact) mass is 331 g/mol. The third-order valence-electron chi connectivity index (χ3n) is 5.23. The minimum absolute atomic E-state index is 0.127. The normalized spacial score (nSPS) is 21.5. The molecule has 1 aromatic heterocycles. The first-order valence-corrected chi connectivity index (χ1v) is 9.30. The number of urea groups is 1. The Morgan fingerprint density at radius 2 is 1.88 bits per heavy atom. The first kappa shape index (κ1) is 17.1. The van der Waals surface area contributed by atoms with Gasteiger partial charge in [-0.1, -0.05) is 19.3 Å². The van der Waals surface area contributed by atoms with Crippen molar-refractivity contribution in [1.82, 2.24) is 25.5 Å². The third-order valence-corrected chi connectivity index (χ3v) is 5.23. The van der Waals surface area contributed by atoms with Crippen LogP contribution >= 0.6 is 0 Å². The van der Waals surface area contributed by atoms with Crippen molar-refractivity contribution in [2.24, 2.45) is 0 Å². The summed E-state index contributed by atoms with van der Waals surface area (Å²) in [4.78, 5) is 22.8. The molecule has 3 rings (SSSR count). The molecule has 1 saturated carbocycles. The number of piperidine rings is 1. The van der Waals surface area contributed by atoms with Crippen LogP contribution < -0.4 is 10.6 Å². The summed E-state index contributed by atoms with van der Waals surface area (Å²) in [6.07, 6.45) is 13.3. The Kier molecular flexibility index (Phi) is 6.01. The Morgan fingerprint density at radius 3 is 2.54 bits per heavy atom. The van der Waals surface area contributed by atoms with Crippen molar-refractivity contribution in [3.05, 3.63) is 24.3 Å². The Bertz CT molecular complexity index is 509. The molecule has 6 heteroatoms. The number of rotatable bonds is 4. The lowest BCUT2D eigenvalue weighted by Gasteiger charge is -2.35. The lowest BCUT2D eigenvalue weighted by molar-refractivity contribution is 0.168. The molecule has 1 saturated heterocycles. The highest BCUT2D eigenvalue weighted by Gasteiger charge is 2.25. The van der Waals surface area contributed by atoms with Gasteiger partial charge in [-0.15, -0.1) is 0 Å². The van der Waals surface area contributed by atoms with Gasteiger partial charge in [-0.3, -0.25) is 9.97 Å². The topological polar surface area (TPSA) is 70.2 Å². The molecule has 2 aliphatic rings. The Morgan fingerprint density at radius 1 is 1.12 bits per heavy atom. The molecule has 2 N–H and O–H groups in total. The van der Waals surface area contributed by atoms with Crippen LogP contribution in [0.2, 0.25) is 0 Å². The first-order chi connectivity index (χ1) is 11.7. The van der Waals surface area contributed by atoms with Crippen molar-refractivity contribution in [3.8, 4) is 0 Å². The van der Waals surface area contributed by atoms with E-state index >= 15 is 0 Å². The number of hydrogen-bond donors (Lipinski definition) is 2. The van der Waals surface area contributed by atoms with Crippen LogP contribution in [0, 0.1) is 0 Å². The van der Waals surface area contributed by atoms with Crippen molar-refractivity contribution in [3.63, 3.8) is 0 Å². The minimum Gasteiger partial charge on any atom is -0.335 e. The Balaban J connectivity index is 1.41. The number of amides is 2. The highest BCUT2D eigenvalue weighted by atomic mass is 16.2. The van der Waals surface area contributed by atoms with E-state index < -0.39 is 0 Å². The van der Waals surface area contributed by atoms with E-state index in [0.29, 0.717) is 12.1 Å². The molecule has 1 atom stereocenters. The summed E-state index contributed by atoms with van der Waals surface area (Å²) in [5.74, 6) is 0. The Hall–Kier alpha value is -1.69. The SMILES string of the molecule is C[C@@H](NC1CCN(C(=O)NC2CCCCC2)CC1)c1cnccn1. The summed E-state index contributed by atoms with van der Waals surface area (Å²) in [7, 11) is 0. The summed E-state index contributed by atoms with van der Waals surface area (Å²) < 4.78 is 0. The van der Waals surface area contributed by atoms with Crippen molar-refractivity contribution in [1.29, 1.82) is 0 Å². The molecule has 6 nitrogen and oxygen atoms in total. The van der Waals surface area contributed by atoms with Crippen LogP contribution in [0.1, 0.15) is 63.6 Å². The quantitative estimate of drug-likeness (QED) is 0.890. The van der Waals surface area contributed by atoms with Crippen LogP contribution in [0.5, 0.6) is 0 Å². The highest BCUT2D eigenvalue weighted by Crippen LogP contribution is 2.19. The third kappa shape index (κ3) is 4.66. The number of likely N-dealkylation sites (tertiary alicyclic amines) is 1.